The molecule has 4 aromatic carbocycles. The first-order chi connectivity index (χ1) is 29.3. The van der Waals surface area contributed by atoms with Gasteiger partial charge in [0.2, 0.25) is 11.8 Å². The summed E-state index contributed by atoms with van der Waals surface area (Å²) in [6.07, 6.45) is -2.86. The Bertz CT molecular complexity index is 2030. The molecule has 62 heavy (non-hydrogen) atoms. The molecule has 3 atom stereocenters. The zero-order valence-corrected chi connectivity index (χ0v) is 36.5. The maximum Gasteiger partial charge on any atom is 0.412 e. The zero-order chi connectivity index (χ0) is 45.5. The molecule has 7 N–H and O–H groups in total. The van der Waals surface area contributed by atoms with Crippen molar-refractivity contribution in [1.82, 2.24) is 21.3 Å². The van der Waals surface area contributed by atoms with E-state index < -0.39 is 70.1 Å². The van der Waals surface area contributed by atoms with Gasteiger partial charge in [0.05, 0.1) is 4.75 Å². The highest BCUT2D eigenvalue weighted by Crippen LogP contribution is 2.48. The van der Waals surface area contributed by atoms with Crippen molar-refractivity contribution in [3.05, 3.63) is 138 Å². The summed E-state index contributed by atoms with van der Waals surface area (Å²) in [5.41, 5.74) is 7.55. The lowest BCUT2D eigenvalue weighted by Gasteiger charge is -2.36. The van der Waals surface area contributed by atoms with Crippen LogP contribution in [0.1, 0.15) is 70.2 Å². The van der Waals surface area contributed by atoms with E-state index in [2.05, 4.69) is 21.3 Å². The molecule has 0 unspecified atom stereocenters. The smallest absolute Gasteiger partial charge is 0.412 e. The van der Waals surface area contributed by atoms with Crippen LogP contribution < -0.4 is 31.7 Å². The van der Waals surface area contributed by atoms with Crippen molar-refractivity contribution in [2.45, 2.75) is 88.5 Å². The molecule has 16 heteroatoms. The number of carbonyl (C=O) groups excluding carboxylic acids is 5. The third-order valence-corrected chi connectivity index (χ3v) is 10.6. The maximum atomic E-state index is 13.9. The molecule has 0 bridgehead atoms. The Morgan fingerprint density at radius 1 is 0.613 bits per heavy atom. The summed E-state index contributed by atoms with van der Waals surface area (Å²) in [4.78, 5) is 76.6. The normalized spacial score (nSPS) is 13.0. The number of hydrogen-bond donors (Lipinski definition) is 6. The number of carboxylic acid groups (broad SMARTS) is 1. The highest BCUT2D eigenvalue weighted by Gasteiger charge is 2.39. The van der Waals surface area contributed by atoms with Gasteiger partial charge in [0.15, 0.2) is 0 Å². The second-order valence-electron chi connectivity index (χ2n) is 16.2. The quantitative estimate of drug-likeness (QED) is 0.0611. The fraction of sp³-hybridized carbons (Fsp3) is 0.348. The van der Waals surface area contributed by atoms with Crippen molar-refractivity contribution in [3.63, 3.8) is 0 Å². The minimum Gasteiger partial charge on any atom is -0.480 e. The van der Waals surface area contributed by atoms with E-state index in [1.54, 1.807) is 41.5 Å². The number of alkyl carbamates (subject to hydrolysis) is 2. The average Bonchev–Trinajstić information content (AvgIpc) is 3.20. The monoisotopic (exact) mass is 869 g/mol. The van der Waals surface area contributed by atoms with Crippen LogP contribution in [0.5, 0.6) is 5.75 Å². The van der Waals surface area contributed by atoms with E-state index in [0.29, 0.717) is 5.56 Å². The van der Waals surface area contributed by atoms with Crippen LogP contribution in [0.15, 0.2) is 115 Å². The van der Waals surface area contributed by atoms with E-state index in [0.717, 1.165) is 16.7 Å². The average molecular weight is 870 g/mol. The van der Waals surface area contributed by atoms with Crippen LogP contribution in [0.3, 0.4) is 0 Å². The molecule has 5 amide bonds. The fourth-order valence-corrected chi connectivity index (χ4v) is 7.78. The van der Waals surface area contributed by atoms with Gasteiger partial charge in [-0.25, -0.2) is 19.2 Å². The first-order valence-corrected chi connectivity index (χ1v) is 20.9. The van der Waals surface area contributed by atoms with Crippen molar-refractivity contribution in [2.24, 2.45) is 5.73 Å². The van der Waals surface area contributed by atoms with Gasteiger partial charge in [-0.15, -0.1) is 11.8 Å². The van der Waals surface area contributed by atoms with Crippen LogP contribution in [-0.4, -0.2) is 82.8 Å². The third kappa shape index (κ3) is 14.9. The molecule has 0 heterocycles. The summed E-state index contributed by atoms with van der Waals surface area (Å²) in [6.45, 7) is 9.81. The summed E-state index contributed by atoms with van der Waals surface area (Å²) < 4.78 is 15.1. The second-order valence-corrected chi connectivity index (χ2v) is 17.5. The van der Waals surface area contributed by atoms with E-state index >= 15 is 0 Å². The van der Waals surface area contributed by atoms with Gasteiger partial charge in [0.25, 0.3) is 0 Å². The number of hydrogen-bond acceptors (Lipinski definition) is 10. The van der Waals surface area contributed by atoms with Crippen LogP contribution in [-0.2, 0) is 35.0 Å². The zero-order valence-electron chi connectivity index (χ0n) is 35.6. The molecule has 0 saturated heterocycles. The number of nitrogens with two attached hydrogens (primary N) is 1. The molecule has 0 radical (unpaired) electrons. The maximum absolute atomic E-state index is 13.9. The molecule has 0 saturated carbocycles. The molecule has 4 aromatic rings. The number of benzene rings is 4. The lowest BCUT2D eigenvalue weighted by Crippen LogP contribution is -2.55. The van der Waals surface area contributed by atoms with E-state index in [-0.39, 0.29) is 30.9 Å². The standard InChI is InChI=1S/C46H55N5O10S/c1-44(2,3)60-42(57)50-35(26-27-48-41(56)59-34-24-22-30(23-25-34)28-36(40(54)55)51-43(58)61-45(4,5)6)39(53)49-37(38(47)52)29-62-46(31-16-10-7-11-17-31,32-18-12-8-13-19-32)33-20-14-9-15-21-33/h7-25,35-37H,26-29H2,1-6H3,(H2,47,52)(H,48,56)(H,49,53)(H,50,57)(H,51,58)(H,54,55)/t35-,36-,37-/m0/s1. The summed E-state index contributed by atoms with van der Waals surface area (Å²) in [6, 6.07) is 31.6. The number of amides is 5. The van der Waals surface area contributed by atoms with Crippen LogP contribution in [0.4, 0.5) is 14.4 Å². The van der Waals surface area contributed by atoms with Crippen molar-refractivity contribution < 1.29 is 48.1 Å². The highest BCUT2D eigenvalue weighted by atomic mass is 32.2. The van der Waals surface area contributed by atoms with Crippen molar-refractivity contribution >= 4 is 47.8 Å². The van der Waals surface area contributed by atoms with Crippen LogP contribution in [0, 0.1) is 0 Å². The van der Waals surface area contributed by atoms with Gasteiger partial charge in [-0.2, -0.15) is 0 Å². The molecule has 4 rings (SSSR count). The molecular weight excluding hydrogens is 815 g/mol. The number of ether oxygens (including phenoxy) is 3. The van der Waals surface area contributed by atoms with Crippen LogP contribution in [0.2, 0.25) is 0 Å². The largest absolute Gasteiger partial charge is 0.480 e. The van der Waals surface area contributed by atoms with Gasteiger partial charge < -0.3 is 46.3 Å². The number of carbonyl (C=O) groups is 6. The van der Waals surface area contributed by atoms with Gasteiger partial charge in [-0.05, 0) is 82.3 Å². The number of aliphatic carboxylic acids is 1. The first kappa shape index (κ1) is 48.1. The van der Waals surface area contributed by atoms with Gasteiger partial charge in [-0.1, -0.05) is 103 Å². The summed E-state index contributed by atoms with van der Waals surface area (Å²) in [5.74, 6) is -2.63. The van der Waals surface area contributed by atoms with Gasteiger partial charge in [0.1, 0.15) is 35.1 Å². The Morgan fingerprint density at radius 2 is 1.06 bits per heavy atom. The topological polar surface area (TPSA) is 224 Å². The minimum atomic E-state index is -1.28. The summed E-state index contributed by atoms with van der Waals surface area (Å²) >= 11 is 1.42. The number of thioether (sulfide) groups is 1. The van der Waals surface area contributed by atoms with E-state index in [1.807, 2.05) is 91.0 Å². The summed E-state index contributed by atoms with van der Waals surface area (Å²) in [5, 5.41) is 19.8. The predicted molar refractivity (Wildman–Crippen MR) is 236 cm³/mol. The minimum absolute atomic E-state index is 0.0412. The van der Waals surface area contributed by atoms with E-state index in [1.165, 1.54) is 36.0 Å². The van der Waals surface area contributed by atoms with E-state index in [9.17, 15) is 33.9 Å². The molecule has 0 aromatic heterocycles. The number of primary amides is 1. The molecule has 0 fully saturated rings. The first-order valence-electron chi connectivity index (χ1n) is 19.9. The van der Waals surface area contributed by atoms with E-state index in [4.69, 9.17) is 19.9 Å². The Morgan fingerprint density at radius 3 is 1.48 bits per heavy atom. The summed E-state index contributed by atoms with van der Waals surface area (Å²) in [7, 11) is 0. The lowest BCUT2D eigenvalue weighted by atomic mass is 9.84. The predicted octanol–water partition coefficient (Wildman–Crippen LogP) is 6.27. The number of nitrogens with one attached hydrogen (secondary N) is 4. The SMILES string of the molecule is CC(C)(C)OC(=O)N[C@@H](Cc1ccc(OC(=O)NCC[C@H](NC(=O)OC(C)(C)C)C(=O)N[C@@H](CSC(c2ccccc2)(c2ccccc2)c2ccccc2)C(N)=O)cc1)C(=O)O. The van der Waals surface area contributed by atoms with Crippen molar-refractivity contribution in [2.75, 3.05) is 12.3 Å². The number of carboxylic acids is 1. The fourth-order valence-electron chi connectivity index (χ4n) is 6.20. The Labute approximate surface area is 365 Å². The van der Waals surface area contributed by atoms with Gasteiger partial charge >= 0.3 is 24.2 Å². The van der Waals surface area contributed by atoms with Gasteiger partial charge in [-0.3, -0.25) is 9.59 Å². The molecule has 0 spiro atoms. The number of rotatable bonds is 18. The highest BCUT2D eigenvalue weighted by molar-refractivity contribution is 8.00. The van der Waals surface area contributed by atoms with Crippen molar-refractivity contribution in [3.8, 4) is 5.75 Å². The molecule has 0 aliphatic heterocycles. The Kier molecular flexibility index (Phi) is 16.9. The van der Waals surface area contributed by atoms with Crippen LogP contribution in [0.25, 0.3) is 0 Å². The molecule has 330 valence electrons. The molecular formula is C46H55N5O10S. The molecule has 0 aliphatic rings. The molecule has 15 nitrogen and oxygen atoms in total. The van der Waals surface area contributed by atoms with Crippen molar-refractivity contribution in [1.29, 1.82) is 0 Å². The lowest BCUT2D eigenvalue weighted by molar-refractivity contribution is -0.139. The van der Waals surface area contributed by atoms with Crippen LogP contribution >= 0.6 is 11.8 Å². The second kappa shape index (κ2) is 21.8. The Hall–Kier alpha value is -6.55. The Balaban J connectivity index is 1.45. The third-order valence-electron chi connectivity index (χ3n) is 8.94. The molecule has 0 aliphatic carbocycles. The van der Waals surface area contributed by atoms with Gasteiger partial charge in [0, 0.05) is 18.7 Å².